The van der Waals surface area contributed by atoms with E-state index in [0.717, 1.165) is 5.56 Å². The summed E-state index contributed by atoms with van der Waals surface area (Å²) in [6, 6.07) is 18.6. The zero-order valence-electron chi connectivity index (χ0n) is 12.2. The van der Waals surface area contributed by atoms with Crippen LogP contribution in [-0.2, 0) is 0 Å². The molecule has 3 nitrogen and oxygen atoms in total. The van der Waals surface area contributed by atoms with Crippen molar-refractivity contribution in [1.82, 2.24) is 5.32 Å². The molecule has 0 unspecified atom stereocenters. The highest BCUT2D eigenvalue weighted by atomic mass is 16.1. The number of carbonyl (C=O) groups is 1. The highest BCUT2D eigenvalue weighted by Gasteiger charge is 2.19. The molecule has 2 aromatic carbocycles. The van der Waals surface area contributed by atoms with Crippen LogP contribution >= 0.6 is 0 Å². The number of rotatable bonds is 4. The Morgan fingerprint density at radius 2 is 1.81 bits per heavy atom. The molecular formula is C18H18N2O. The SMILES string of the molecule is CC(C)[C@H](NC(=O)c1cccc(C#N)c1)c1ccccc1. The summed E-state index contributed by atoms with van der Waals surface area (Å²) >= 11 is 0. The van der Waals surface area contributed by atoms with Crippen molar-refractivity contribution in [3.05, 3.63) is 71.3 Å². The van der Waals surface area contributed by atoms with E-state index in [4.69, 9.17) is 5.26 Å². The summed E-state index contributed by atoms with van der Waals surface area (Å²) < 4.78 is 0. The zero-order chi connectivity index (χ0) is 15.2. The molecule has 1 amide bonds. The Bertz CT molecular complexity index is 656. The van der Waals surface area contributed by atoms with Crippen LogP contribution in [0.5, 0.6) is 0 Å². The summed E-state index contributed by atoms with van der Waals surface area (Å²) in [5.74, 6) is 0.116. The van der Waals surface area contributed by atoms with Crippen molar-refractivity contribution in [2.75, 3.05) is 0 Å². The molecule has 0 aliphatic carbocycles. The van der Waals surface area contributed by atoms with Crippen LogP contribution in [0.1, 0.15) is 41.4 Å². The Hall–Kier alpha value is -2.60. The Balaban J connectivity index is 2.21. The predicted octanol–water partition coefficient (Wildman–Crippen LogP) is 3.69. The fourth-order valence-electron chi connectivity index (χ4n) is 2.25. The summed E-state index contributed by atoms with van der Waals surface area (Å²) in [6.45, 7) is 4.15. The first kappa shape index (κ1) is 14.8. The van der Waals surface area contributed by atoms with Gasteiger partial charge in [0, 0.05) is 5.56 Å². The van der Waals surface area contributed by atoms with Crippen LogP contribution in [0.3, 0.4) is 0 Å². The van der Waals surface area contributed by atoms with Gasteiger partial charge in [0.25, 0.3) is 5.91 Å². The van der Waals surface area contributed by atoms with Crippen LogP contribution < -0.4 is 5.32 Å². The molecule has 106 valence electrons. The molecule has 0 aliphatic heterocycles. The topological polar surface area (TPSA) is 52.9 Å². The number of nitrogens with one attached hydrogen (secondary N) is 1. The Morgan fingerprint density at radius 1 is 1.10 bits per heavy atom. The third-order valence-electron chi connectivity index (χ3n) is 3.37. The van der Waals surface area contributed by atoms with E-state index in [-0.39, 0.29) is 17.9 Å². The fraction of sp³-hybridized carbons (Fsp3) is 0.222. The van der Waals surface area contributed by atoms with Crippen molar-refractivity contribution in [2.45, 2.75) is 19.9 Å². The molecule has 0 fully saturated rings. The Kier molecular flexibility index (Phi) is 4.73. The van der Waals surface area contributed by atoms with Crippen LogP contribution in [-0.4, -0.2) is 5.91 Å². The van der Waals surface area contributed by atoms with E-state index in [9.17, 15) is 4.79 Å². The average molecular weight is 278 g/mol. The smallest absolute Gasteiger partial charge is 0.251 e. The van der Waals surface area contributed by atoms with Gasteiger partial charge in [-0.1, -0.05) is 50.2 Å². The molecule has 1 N–H and O–H groups in total. The van der Waals surface area contributed by atoms with Crippen LogP contribution in [0.15, 0.2) is 54.6 Å². The van der Waals surface area contributed by atoms with Crippen LogP contribution in [0.4, 0.5) is 0 Å². The molecule has 2 rings (SSSR count). The lowest BCUT2D eigenvalue weighted by Gasteiger charge is -2.23. The minimum atomic E-state index is -0.158. The molecule has 2 aromatic rings. The van der Waals surface area contributed by atoms with Gasteiger partial charge in [-0.15, -0.1) is 0 Å². The second kappa shape index (κ2) is 6.71. The third kappa shape index (κ3) is 3.70. The zero-order valence-corrected chi connectivity index (χ0v) is 12.2. The maximum Gasteiger partial charge on any atom is 0.251 e. The van der Waals surface area contributed by atoms with E-state index >= 15 is 0 Å². The third-order valence-corrected chi connectivity index (χ3v) is 3.37. The lowest BCUT2D eigenvalue weighted by Crippen LogP contribution is -2.31. The van der Waals surface area contributed by atoms with E-state index in [2.05, 4.69) is 19.2 Å². The molecule has 0 bridgehead atoms. The van der Waals surface area contributed by atoms with E-state index in [1.54, 1.807) is 24.3 Å². The largest absolute Gasteiger partial charge is 0.345 e. The van der Waals surface area contributed by atoms with Crippen LogP contribution in [0, 0.1) is 17.2 Å². The van der Waals surface area contributed by atoms with E-state index in [1.165, 1.54) is 0 Å². The maximum atomic E-state index is 12.4. The normalized spacial score (nSPS) is 11.7. The highest BCUT2D eigenvalue weighted by molar-refractivity contribution is 5.94. The van der Waals surface area contributed by atoms with Crippen molar-refractivity contribution in [3.8, 4) is 6.07 Å². The number of amides is 1. The van der Waals surface area contributed by atoms with Gasteiger partial charge in [-0.25, -0.2) is 0 Å². The minimum absolute atomic E-state index is 0.0514. The molecule has 0 saturated heterocycles. The first-order chi connectivity index (χ1) is 10.1. The van der Waals surface area contributed by atoms with Gasteiger partial charge in [-0.05, 0) is 29.7 Å². The number of hydrogen-bond donors (Lipinski definition) is 1. The Labute approximate surface area is 125 Å². The number of carbonyl (C=O) groups excluding carboxylic acids is 1. The molecular weight excluding hydrogens is 260 g/mol. The van der Waals surface area contributed by atoms with Crippen LogP contribution in [0.25, 0.3) is 0 Å². The van der Waals surface area contributed by atoms with Gasteiger partial charge in [0.2, 0.25) is 0 Å². The summed E-state index contributed by atoms with van der Waals surface area (Å²) in [4.78, 5) is 12.4. The first-order valence-electron chi connectivity index (χ1n) is 6.98. The minimum Gasteiger partial charge on any atom is -0.345 e. The van der Waals surface area contributed by atoms with Gasteiger partial charge in [0.1, 0.15) is 0 Å². The van der Waals surface area contributed by atoms with Gasteiger partial charge in [-0.2, -0.15) is 5.26 Å². The van der Waals surface area contributed by atoms with Gasteiger partial charge in [0.05, 0.1) is 17.7 Å². The summed E-state index contributed by atoms with van der Waals surface area (Å²) in [6.07, 6.45) is 0. The lowest BCUT2D eigenvalue weighted by atomic mass is 9.95. The summed E-state index contributed by atoms with van der Waals surface area (Å²) in [5.41, 5.74) is 2.08. The molecule has 21 heavy (non-hydrogen) atoms. The van der Waals surface area contributed by atoms with Gasteiger partial charge in [-0.3, -0.25) is 4.79 Å². The van der Waals surface area contributed by atoms with E-state index in [0.29, 0.717) is 11.1 Å². The van der Waals surface area contributed by atoms with Gasteiger partial charge >= 0.3 is 0 Å². The molecule has 1 atom stereocenters. The Morgan fingerprint density at radius 3 is 2.43 bits per heavy atom. The number of hydrogen-bond acceptors (Lipinski definition) is 2. The second-order valence-electron chi connectivity index (χ2n) is 5.30. The van der Waals surface area contributed by atoms with Crippen LogP contribution in [0.2, 0.25) is 0 Å². The quantitative estimate of drug-likeness (QED) is 0.927. The van der Waals surface area contributed by atoms with Gasteiger partial charge < -0.3 is 5.32 Å². The van der Waals surface area contributed by atoms with Crippen molar-refractivity contribution >= 4 is 5.91 Å². The number of benzene rings is 2. The van der Waals surface area contributed by atoms with Crippen molar-refractivity contribution in [3.63, 3.8) is 0 Å². The fourth-order valence-corrected chi connectivity index (χ4v) is 2.25. The van der Waals surface area contributed by atoms with E-state index in [1.807, 2.05) is 36.4 Å². The van der Waals surface area contributed by atoms with Crippen molar-refractivity contribution in [1.29, 1.82) is 5.26 Å². The molecule has 0 radical (unpaired) electrons. The molecule has 3 heteroatoms. The number of nitriles is 1. The maximum absolute atomic E-state index is 12.4. The molecule has 0 spiro atoms. The van der Waals surface area contributed by atoms with Gasteiger partial charge in [0.15, 0.2) is 0 Å². The second-order valence-corrected chi connectivity index (χ2v) is 5.30. The van der Waals surface area contributed by atoms with Crippen molar-refractivity contribution in [2.24, 2.45) is 5.92 Å². The van der Waals surface area contributed by atoms with E-state index < -0.39 is 0 Å². The van der Waals surface area contributed by atoms with Crippen molar-refractivity contribution < 1.29 is 4.79 Å². The molecule has 0 aromatic heterocycles. The lowest BCUT2D eigenvalue weighted by molar-refractivity contribution is 0.0925. The molecule has 0 saturated carbocycles. The summed E-state index contributed by atoms with van der Waals surface area (Å²) in [5, 5.41) is 12.0. The summed E-state index contributed by atoms with van der Waals surface area (Å²) in [7, 11) is 0. The average Bonchev–Trinajstić information content (AvgIpc) is 2.53. The standard InChI is InChI=1S/C18H18N2O/c1-13(2)17(15-8-4-3-5-9-15)20-18(21)16-10-6-7-14(11-16)12-19/h3-11,13,17H,1-2H3,(H,20,21)/t17-/m0/s1. The number of nitrogens with zero attached hydrogens (tertiary/aromatic N) is 1. The molecule has 0 heterocycles. The first-order valence-corrected chi connectivity index (χ1v) is 6.98. The molecule has 0 aliphatic rings. The highest BCUT2D eigenvalue weighted by Crippen LogP contribution is 2.22. The monoisotopic (exact) mass is 278 g/mol. The predicted molar refractivity (Wildman–Crippen MR) is 82.6 cm³/mol.